The van der Waals surface area contributed by atoms with Crippen LogP contribution in [0.15, 0.2) is 43.1 Å². The van der Waals surface area contributed by atoms with Crippen molar-refractivity contribution < 1.29 is 9.53 Å². The first-order valence-corrected chi connectivity index (χ1v) is 11.3. The molecule has 180 valence electrons. The summed E-state index contributed by atoms with van der Waals surface area (Å²) in [5.74, 6) is 2.12. The number of fused-ring (bicyclic) bond motifs is 1. The lowest BCUT2D eigenvalue weighted by Crippen LogP contribution is -2.39. The second-order valence-corrected chi connectivity index (χ2v) is 9.20. The Bertz CT molecular complexity index is 1400. The van der Waals surface area contributed by atoms with Crippen LogP contribution >= 0.6 is 0 Å². The number of carbonyl (C=O) groups excluding carboxylic acids is 1. The lowest BCUT2D eigenvalue weighted by atomic mass is 10.1. The fourth-order valence-corrected chi connectivity index (χ4v) is 3.83. The third kappa shape index (κ3) is 4.67. The molecule has 1 aliphatic rings. The summed E-state index contributed by atoms with van der Waals surface area (Å²) in [6.07, 6.45) is 9.32. The molecule has 0 atom stereocenters. The first kappa shape index (κ1) is 22.4. The zero-order chi connectivity index (χ0) is 24.6. The van der Waals surface area contributed by atoms with Gasteiger partial charge < -0.3 is 15.0 Å². The molecule has 0 aliphatic carbocycles. The highest BCUT2D eigenvalue weighted by atomic mass is 16.6. The maximum absolute atomic E-state index is 12.4. The summed E-state index contributed by atoms with van der Waals surface area (Å²) >= 11 is 0. The van der Waals surface area contributed by atoms with Gasteiger partial charge in [-0.25, -0.2) is 19.7 Å². The molecule has 4 aromatic heterocycles. The number of nitrogens with one attached hydrogen (secondary N) is 1. The van der Waals surface area contributed by atoms with E-state index in [1.807, 2.05) is 56.5 Å². The van der Waals surface area contributed by atoms with Crippen LogP contribution in [0.3, 0.4) is 0 Å². The number of rotatable bonds is 4. The van der Waals surface area contributed by atoms with Gasteiger partial charge in [0.1, 0.15) is 23.3 Å². The Morgan fingerprint density at radius 2 is 2.06 bits per heavy atom. The van der Waals surface area contributed by atoms with Gasteiger partial charge >= 0.3 is 6.09 Å². The van der Waals surface area contributed by atoms with Gasteiger partial charge in [0.15, 0.2) is 11.6 Å². The number of amides is 1. The molecule has 1 aliphatic heterocycles. The Hall–Kier alpha value is -4.35. The van der Waals surface area contributed by atoms with E-state index >= 15 is 0 Å². The van der Waals surface area contributed by atoms with E-state index in [9.17, 15) is 4.79 Å². The summed E-state index contributed by atoms with van der Waals surface area (Å²) in [6, 6.07) is 3.74. The Balaban J connectivity index is 1.36. The van der Waals surface area contributed by atoms with Crippen LogP contribution in [-0.4, -0.2) is 69.2 Å². The largest absolute Gasteiger partial charge is 0.444 e. The van der Waals surface area contributed by atoms with Gasteiger partial charge in [0, 0.05) is 25.5 Å². The minimum atomic E-state index is -0.515. The third-order valence-corrected chi connectivity index (χ3v) is 5.51. The van der Waals surface area contributed by atoms with Gasteiger partial charge in [-0.3, -0.25) is 4.40 Å². The average Bonchev–Trinajstić information content (AvgIpc) is 3.50. The molecule has 0 spiro atoms. The summed E-state index contributed by atoms with van der Waals surface area (Å²) in [5, 5.41) is 14.5. The van der Waals surface area contributed by atoms with Crippen molar-refractivity contribution in [2.45, 2.75) is 39.7 Å². The normalized spacial score (nSPS) is 14.2. The zero-order valence-electron chi connectivity index (χ0n) is 20.0. The SMILES string of the molecule is Cc1nc(-n2cnnn2)ccc1Nc1nccn2c(C3=CCN(C(=O)OC(C)(C)C)CC3)ncc12. The fourth-order valence-electron chi connectivity index (χ4n) is 3.83. The number of nitrogens with zero attached hydrogens (tertiary/aromatic N) is 9. The number of carbonyl (C=O) groups is 1. The summed E-state index contributed by atoms with van der Waals surface area (Å²) in [4.78, 5) is 27.8. The molecule has 0 bridgehead atoms. The van der Waals surface area contributed by atoms with Crippen LogP contribution in [0.1, 0.15) is 38.7 Å². The monoisotopic (exact) mass is 474 g/mol. The first-order valence-electron chi connectivity index (χ1n) is 11.3. The van der Waals surface area contributed by atoms with Gasteiger partial charge in [-0.2, -0.15) is 4.68 Å². The van der Waals surface area contributed by atoms with Gasteiger partial charge in [-0.1, -0.05) is 6.08 Å². The fraction of sp³-hybridized carbons (Fsp3) is 0.348. The molecular weight excluding hydrogens is 448 g/mol. The van der Waals surface area contributed by atoms with Gasteiger partial charge in [-0.15, -0.1) is 5.10 Å². The van der Waals surface area contributed by atoms with Crippen molar-refractivity contribution in [1.29, 1.82) is 0 Å². The zero-order valence-corrected chi connectivity index (χ0v) is 20.0. The lowest BCUT2D eigenvalue weighted by Gasteiger charge is -2.29. The maximum atomic E-state index is 12.4. The number of imidazole rings is 1. The van der Waals surface area contributed by atoms with E-state index in [-0.39, 0.29) is 6.09 Å². The molecule has 0 saturated heterocycles. The van der Waals surface area contributed by atoms with Gasteiger partial charge in [-0.05, 0) is 62.2 Å². The molecule has 4 aromatic rings. The minimum absolute atomic E-state index is 0.299. The number of pyridine rings is 1. The molecule has 1 N–H and O–H groups in total. The van der Waals surface area contributed by atoms with E-state index < -0.39 is 5.60 Å². The highest BCUT2D eigenvalue weighted by Gasteiger charge is 2.25. The van der Waals surface area contributed by atoms with Crippen molar-refractivity contribution in [2.24, 2.45) is 0 Å². The molecule has 0 unspecified atom stereocenters. The quantitative estimate of drug-likeness (QED) is 0.474. The van der Waals surface area contributed by atoms with Crippen molar-refractivity contribution in [3.8, 4) is 5.82 Å². The molecule has 5 rings (SSSR count). The lowest BCUT2D eigenvalue weighted by molar-refractivity contribution is 0.0270. The number of hydrogen-bond acceptors (Lipinski definition) is 9. The van der Waals surface area contributed by atoms with Crippen LogP contribution in [0.25, 0.3) is 16.9 Å². The van der Waals surface area contributed by atoms with Crippen LogP contribution in [0.2, 0.25) is 0 Å². The van der Waals surface area contributed by atoms with Gasteiger partial charge in [0.2, 0.25) is 0 Å². The van der Waals surface area contributed by atoms with E-state index in [4.69, 9.17) is 4.74 Å². The highest BCUT2D eigenvalue weighted by molar-refractivity contribution is 5.77. The van der Waals surface area contributed by atoms with Crippen LogP contribution in [0.5, 0.6) is 0 Å². The Kier molecular flexibility index (Phi) is 5.63. The summed E-state index contributed by atoms with van der Waals surface area (Å²) in [5.41, 5.74) is 2.99. The van der Waals surface area contributed by atoms with Crippen molar-refractivity contribution in [2.75, 3.05) is 18.4 Å². The van der Waals surface area contributed by atoms with Crippen molar-refractivity contribution in [3.63, 3.8) is 0 Å². The molecule has 0 radical (unpaired) electrons. The molecule has 0 aromatic carbocycles. The van der Waals surface area contributed by atoms with Crippen LogP contribution in [-0.2, 0) is 4.74 Å². The number of aromatic nitrogens is 8. The number of ether oxygens (including phenoxy) is 1. The predicted octanol–water partition coefficient (Wildman–Crippen LogP) is 3.18. The third-order valence-electron chi connectivity index (χ3n) is 5.51. The van der Waals surface area contributed by atoms with Crippen molar-refractivity contribution >= 4 is 28.7 Å². The van der Waals surface area contributed by atoms with E-state index in [0.717, 1.165) is 28.3 Å². The molecule has 0 fully saturated rings. The van der Waals surface area contributed by atoms with E-state index in [0.29, 0.717) is 31.1 Å². The molecule has 12 heteroatoms. The van der Waals surface area contributed by atoms with Crippen molar-refractivity contribution in [3.05, 3.63) is 54.6 Å². The number of hydrogen-bond donors (Lipinski definition) is 1. The van der Waals surface area contributed by atoms with E-state index in [1.165, 1.54) is 11.0 Å². The highest BCUT2D eigenvalue weighted by Crippen LogP contribution is 2.27. The van der Waals surface area contributed by atoms with Gasteiger partial charge in [0.05, 0.1) is 17.6 Å². The second kappa shape index (κ2) is 8.78. The Morgan fingerprint density at radius 1 is 1.20 bits per heavy atom. The Morgan fingerprint density at radius 3 is 2.74 bits per heavy atom. The molecular formula is C23H26N10O2. The molecule has 35 heavy (non-hydrogen) atoms. The second-order valence-electron chi connectivity index (χ2n) is 9.20. The minimum Gasteiger partial charge on any atom is -0.444 e. The van der Waals surface area contributed by atoms with Crippen LogP contribution < -0.4 is 5.32 Å². The summed E-state index contributed by atoms with van der Waals surface area (Å²) in [7, 11) is 0. The van der Waals surface area contributed by atoms with E-state index in [2.05, 4.69) is 35.8 Å². The molecule has 5 heterocycles. The number of aryl methyl sites for hydroxylation is 1. The average molecular weight is 475 g/mol. The summed E-state index contributed by atoms with van der Waals surface area (Å²) in [6.45, 7) is 8.56. The maximum Gasteiger partial charge on any atom is 0.410 e. The molecule has 0 saturated carbocycles. The first-order chi connectivity index (χ1) is 16.8. The predicted molar refractivity (Wildman–Crippen MR) is 128 cm³/mol. The van der Waals surface area contributed by atoms with Crippen LogP contribution in [0.4, 0.5) is 16.3 Å². The standard InChI is InChI=1S/C23H26N10O2/c1-15-17(5-6-19(27-15)33-14-26-29-30-33)28-20-18-13-25-21(32(18)12-9-24-20)16-7-10-31(11-8-16)22(34)35-23(2,3)4/h5-7,9,12-14H,8,10-11H2,1-4H3,(H,24,28). The number of tetrazole rings is 1. The Labute approximate surface area is 201 Å². The van der Waals surface area contributed by atoms with Gasteiger partial charge in [0.25, 0.3) is 0 Å². The van der Waals surface area contributed by atoms with E-state index in [1.54, 1.807) is 17.3 Å². The van der Waals surface area contributed by atoms with Crippen molar-refractivity contribution in [1.82, 2.24) is 44.5 Å². The summed E-state index contributed by atoms with van der Waals surface area (Å²) < 4.78 is 8.99. The molecule has 12 nitrogen and oxygen atoms in total. The topological polar surface area (TPSA) is 128 Å². The molecule has 1 amide bonds. The van der Waals surface area contributed by atoms with Crippen LogP contribution in [0, 0.1) is 6.92 Å². The smallest absolute Gasteiger partial charge is 0.410 e. The number of anilines is 2.